The molecule has 0 spiro atoms. The minimum atomic E-state index is -0.292. The fourth-order valence-corrected chi connectivity index (χ4v) is 4.77. The van der Waals surface area contributed by atoms with Crippen LogP contribution in [0.5, 0.6) is 0 Å². The molecule has 2 aliphatic rings. The first kappa shape index (κ1) is 17.1. The van der Waals surface area contributed by atoms with E-state index >= 15 is 0 Å². The van der Waals surface area contributed by atoms with Gasteiger partial charge in [0.2, 0.25) is 0 Å². The average Bonchev–Trinajstić information content (AvgIpc) is 2.84. The summed E-state index contributed by atoms with van der Waals surface area (Å²) >= 11 is 2.30. The number of hydrogen-bond donors (Lipinski definition) is 0. The molecule has 0 radical (unpaired) electrons. The molecular formula is C18H23FINO2. The fourth-order valence-electron chi connectivity index (χ4n) is 4.41. The third-order valence-electron chi connectivity index (χ3n) is 5.39. The molecule has 126 valence electrons. The zero-order valence-electron chi connectivity index (χ0n) is 13.4. The summed E-state index contributed by atoms with van der Waals surface area (Å²) < 4.78 is 18.9. The number of benzene rings is 1. The van der Waals surface area contributed by atoms with Gasteiger partial charge in [-0.15, -0.1) is 0 Å². The van der Waals surface area contributed by atoms with E-state index in [9.17, 15) is 9.18 Å². The van der Waals surface area contributed by atoms with Crippen LogP contribution in [0.25, 0.3) is 0 Å². The molecule has 0 saturated carbocycles. The number of fused-ring (bicyclic) bond motifs is 2. The van der Waals surface area contributed by atoms with Gasteiger partial charge in [-0.3, -0.25) is 14.1 Å². The molecule has 0 N–H and O–H groups in total. The Bertz CT molecular complexity index is 550. The first-order valence-corrected chi connectivity index (χ1v) is 9.38. The lowest BCUT2D eigenvalue weighted by atomic mass is 9.76. The van der Waals surface area contributed by atoms with E-state index in [-0.39, 0.29) is 30.5 Å². The summed E-state index contributed by atoms with van der Waals surface area (Å²) in [6, 6.07) is 9.13. The van der Waals surface area contributed by atoms with Crippen molar-refractivity contribution in [2.45, 2.75) is 43.7 Å². The molecule has 2 aliphatic heterocycles. The Kier molecular flexibility index (Phi) is 5.57. The number of hydrogen-bond acceptors (Lipinski definition) is 3. The highest BCUT2D eigenvalue weighted by atomic mass is 127. The number of piperidine rings is 1. The van der Waals surface area contributed by atoms with E-state index in [0.29, 0.717) is 12.5 Å². The molecule has 23 heavy (non-hydrogen) atoms. The monoisotopic (exact) mass is 430 g/mol. The van der Waals surface area contributed by atoms with Crippen LogP contribution in [0, 0.1) is 9.49 Å². The number of alkyl halides is 1. The molecule has 0 amide bonds. The zero-order valence-corrected chi connectivity index (χ0v) is 15.5. The highest BCUT2D eigenvalue weighted by molar-refractivity contribution is 14.1. The molecule has 5 heteroatoms. The summed E-state index contributed by atoms with van der Waals surface area (Å²) in [4.78, 5) is 14.9. The molecular weight excluding hydrogens is 407 g/mol. The highest BCUT2D eigenvalue weighted by Crippen LogP contribution is 2.47. The van der Waals surface area contributed by atoms with Crippen LogP contribution in [0.3, 0.4) is 0 Å². The van der Waals surface area contributed by atoms with Gasteiger partial charge in [-0.05, 0) is 66.0 Å². The number of rotatable bonds is 5. The lowest BCUT2D eigenvalue weighted by molar-refractivity contribution is -0.150. The van der Waals surface area contributed by atoms with Crippen LogP contribution < -0.4 is 0 Å². The van der Waals surface area contributed by atoms with Crippen molar-refractivity contribution in [2.75, 3.05) is 20.3 Å². The Labute approximate surface area is 150 Å². The third-order valence-corrected chi connectivity index (χ3v) is 6.11. The van der Waals surface area contributed by atoms with Gasteiger partial charge in [-0.25, -0.2) is 0 Å². The smallest absolute Gasteiger partial charge is 0.310 e. The van der Waals surface area contributed by atoms with Gasteiger partial charge in [-0.1, -0.05) is 12.1 Å². The van der Waals surface area contributed by atoms with Crippen LogP contribution in [0.1, 0.15) is 37.2 Å². The van der Waals surface area contributed by atoms with Gasteiger partial charge in [0.05, 0.1) is 19.7 Å². The minimum Gasteiger partial charge on any atom is -0.469 e. The maximum atomic E-state index is 12.6. The molecule has 3 nitrogen and oxygen atoms in total. The number of carbonyl (C=O) groups excluding carboxylic acids is 1. The van der Waals surface area contributed by atoms with Gasteiger partial charge in [0.15, 0.2) is 0 Å². The normalized spacial score (nSPS) is 30.4. The van der Waals surface area contributed by atoms with E-state index in [2.05, 4.69) is 51.8 Å². The molecule has 0 aliphatic carbocycles. The van der Waals surface area contributed by atoms with E-state index < -0.39 is 0 Å². The Morgan fingerprint density at radius 1 is 1.35 bits per heavy atom. The van der Waals surface area contributed by atoms with Gasteiger partial charge >= 0.3 is 5.97 Å². The van der Waals surface area contributed by atoms with Crippen LogP contribution in [-0.2, 0) is 9.53 Å². The van der Waals surface area contributed by atoms with Crippen molar-refractivity contribution < 1.29 is 13.9 Å². The molecule has 2 saturated heterocycles. The quantitative estimate of drug-likeness (QED) is 0.527. The lowest BCUT2D eigenvalue weighted by Crippen LogP contribution is -2.51. The maximum absolute atomic E-state index is 12.6. The van der Waals surface area contributed by atoms with Crippen LogP contribution in [0.15, 0.2) is 24.3 Å². The fraction of sp³-hybridized carbons (Fsp3) is 0.611. The molecule has 1 aromatic carbocycles. The predicted molar refractivity (Wildman–Crippen MR) is 96.1 cm³/mol. The SMILES string of the molecule is COC(=O)[C@H]1C(c2ccc(I)cc2)CC2CCC1N2CCC[18F]. The first-order chi connectivity index (χ1) is 11.2. The zero-order chi connectivity index (χ0) is 16.4. The number of halogens is 2. The number of esters is 1. The van der Waals surface area contributed by atoms with E-state index in [1.165, 1.54) is 16.2 Å². The second kappa shape index (κ2) is 7.47. The Morgan fingerprint density at radius 2 is 2.09 bits per heavy atom. The number of methoxy groups -OCH3 is 1. The number of ether oxygens (including phenoxy) is 1. The number of nitrogens with zero attached hydrogens (tertiary/aromatic N) is 1. The summed E-state index contributed by atoms with van der Waals surface area (Å²) in [7, 11) is 1.47. The van der Waals surface area contributed by atoms with Crippen molar-refractivity contribution in [3.8, 4) is 0 Å². The second-order valence-corrected chi connectivity index (χ2v) is 7.77. The maximum Gasteiger partial charge on any atom is 0.310 e. The van der Waals surface area contributed by atoms with Crippen molar-refractivity contribution in [3.05, 3.63) is 33.4 Å². The van der Waals surface area contributed by atoms with Crippen molar-refractivity contribution in [2.24, 2.45) is 5.92 Å². The van der Waals surface area contributed by atoms with Gasteiger partial charge in [-0.2, -0.15) is 0 Å². The standard InChI is InChI=1S/C18H23FINO2/c1-23-18(22)17-15(12-3-5-13(20)6-4-12)11-14-7-8-16(17)21(14)10-2-9-19/h3-6,14-17H,2,7-11H2,1H3/t14?,15?,16?,17-/m0/s1/i19-1. The van der Waals surface area contributed by atoms with Crippen LogP contribution in [-0.4, -0.2) is 43.3 Å². The molecule has 3 unspecified atom stereocenters. The van der Waals surface area contributed by atoms with E-state index in [1.54, 1.807) is 0 Å². The summed E-state index contributed by atoms with van der Waals surface area (Å²) in [6.07, 6.45) is 3.63. The van der Waals surface area contributed by atoms with Gasteiger partial charge in [0, 0.05) is 28.1 Å². The van der Waals surface area contributed by atoms with E-state index in [4.69, 9.17) is 4.74 Å². The Hall–Kier alpha value is -0.690. The molecule has 4 atom stereocenters. The van der Waals surface area contributed by atoms with Crippen molar-refractivity contribution >= 4 is 28.6 Å². The van der Waals surface area contributed by atoms with E-state index in [0.717, 1.165) is 25.8 Å². The Balaban J connectivity index is 1.88. The number of carbonyl (C=O) groups is 1. The molecule has 2 bridgehead atoms. The third kappa shape index (κ3) is 3.40. The van der Waals surface area contributed by atoms with Crippen LogP contribution >= 0.6 is 22.6 Å². The summed E-state index contributed by atoms with van der Waals surface area (Å²) in [5.41, 5.74) is 1.22. The van der Waals surface area contributed by atoms with Crippen molar-refractivity contribution in [1.29, 1.82) is 0 Å². The van der Waals surface area contributed by atoms with Crippen LogP contribution in [0.2, 0.25) is 0 Å². The molecule has 1 aromatic rings. The Morgan fingerprint density at radius 3 is 2.74 bits per heavy atom. The summed E-state index contributed by atoms with van der Waals surface area (Å²) in [5, 5.41) is 0. The summed E-state index contributed by atoms with van der Waals surface area (Å²) in [5.74, 6) is -0.0545. The molecule has 2 heterocycles. The average molecular weight is 430 g/mol. The van der Waals surface area contributed by atoms with Crippen molar-refractivity contribution in [1.82, 2.24) is 4.90 Å². The first-order valence-electron chi connectivity index (χ1n) is 8.30. The molecule has 0 aromatic heterocycles. The molecule has 3 rings (SSSR count). The largest absolute Gasteiger partial charge is 0.469 e. The van der Waals surface area contributed by atoms with Gasteiger partial charge in [0.25, 0.3) is 0 Å². The minimum absolute atomic E-state index is 0.121. The topological polar surface area (TPSA) is 29.5 Å². The highest BCUT2D eigenvalue weighted by Gasteiger charge is 2.50. The predicted octanol–water partition coefficient (Wildman–Crippen LogP) is 3.76. The van der Waals surface area contributed by atoms with E-state index in [1.807, 2.05) is 0 Å². The van der Waals surface area contributed by atoms with Gasteiger partial charge < -0.3 is 4.74 Å². The second-order valence-electron chi connectivity index (χ2n) is 6.52. The van der Waals surface area contributed by atoms with Crippen LogP contribution in [0.4, 0.5) is 4.39 Å². The lowest BCUT2D eigenvalue weighted by Gasteiger charge is -2.43. The van der Waals surface area contributed by atoms with Crippen molar-refractivity contribution in [3.63, 3.8) is 0 Å². The summed E-state index contributed by atoms with van der Waals surface area (Å²) in [6.45, 7) is 0.456. The molecule has 2 fully saturated rings. The van der Waals surface area contributed by atoms with Gasteiger partial charge in [0.1, 0.15) is 0 Å².